The van der Waals surface area contributed by atoms with Crippen molar-refractivity contribution in [3.05, 3.63) is 18.1 Å². The minimum atomic E-state index is 0.349. The van der Waals surface area contributed by atoms with Crippen LogP contribution in [0.3, 0.4) is 0 Å². The van der Waals surface area contributed by atoms with E-state index in [2.05, 4.69) is 27.4 Å². The van der Waals surface area contributed by atoms with Crippen LogP contribution in [0.25, 0.3) is 0 Å². The van der Waals surface area contributed by atoms with E-state index in [1.54, 1.807) is 13.2 Å². The van der Waals surface area contributed by atoms with Crippen LogP contribution < -0.4 is 5.48 Å². The molecule has 1 heterocycles. The molecule has 16 heavy (non-hydrogen) atoms. The standard InChI is InChI=1S/C10H15ClN4O/c1-3-4-5-16-15-10-8(9(11)12-2)6-13-7-14-10/h6-7H,3-5H2,1-2H3,(H,13,14,15)/b12-9-. The first-order valence-corrected chi connectivity index (χ1v) is 5.47. The van der Waals surface area contributed by atoms with Gasteiger partial charge in [0.05, 0.1) is 12.2 Å². The van der Waals surface area contributed by atoms with E-state index in [1.807, 2.05) is 0 Å². The van der Waals surface area contributed by atoms with Crippen molar-refractivity contribution in [2.45, 2.75) is 19.8 Å². The molecule has 0 fully saturated rings. The van der Waals surface area contributed by atoms with Crippen LogP contribution in [0.1, 0.15) is 25.3 Å². The van der Waals surface area contributed by atoms with Crippen LogP contribution in [0.4, 0.5) is 5.82 Å². The lowest BCUT2D eigenvalue weighted by molar-refractivity contribution is 0.188. The summed E-state index contributed by atoms with van der Waals surface area (Å²) < 4.78 is 0. The van der Waals surface area contributed by atoms with Gasteiger partial charge in [-0.05, 0) is 6.42 Å². The molecule has 0 bridgehead atoms. The summed E-state index contributed by atoms with van der Waals surface area (Å²) in [4.78, 5) is 17.0. The molecule has 0 aliphatic carbocycles. The number of aliphatic imine (C=N–C) groups is 1. The number of nitrogens with one attached hydrogen (secondary N) is 1. The smallest absolute Gasteiger partial charge is 0.163 e. The zero-order valence-corrected chi connectivity index (χ0v) is 10.2. The Kier molecular flexibility index (Phi) is 5.74. The van der Waals surface area contributed by atoms with Gasteiger partial charge in [0.1, 0.15) is 11.5 Å². The molecule has 1 rings (SSSR count). The van der Waals surface area contributed by atoms with E-state index in [0.29, 0.717) is 23.2 Å². The summed E-state index contributed by atoms with van der Waals surface area (Å²) in [5.41, 5.74) is 3.37. The molecule has 0 aliphatic heterocycles. The molecule has 6 heteroatoms. The van der Waals surface area contributed by atoms with Gasteiger partial charge in [0, 0.05) is 13.2 Å². The Morgan fingerprint density at radius 2 is 2.44 bits per heavy atom. The summed E-state index contributed by atoms with van der Waals surface area (Å²) in [6, 6.07) is 0. The lowest BCUT2D eigenvalue weighted by Gasteiger charge is -2.08. The van der Waals surface area contributed by atoms with Gasteiger partial charge >= 0.3 is 0 Å². The molecule has 5 nitrogen and oxygen atoms in total. The van der Waals surface area contributed by atoms with Crippen molar-refractivity contribution in [1.82, 2.24) is 9.97 Å². The van der Waals surface area contributed by atoms with Crippen molar-refractivity contribution in [3.63, 3.8) is 0 Å². The molecule has 0 amide bonds. The molecule has 0 atom stereocenters. The lowest BCUT2D eigenvalue weighted by atomic mass is 10.3. The average molecular weight is 243 g/mol. The van der Waals surface area contributed by atoms with E-state index >= 15 is 0 Å². The maximum Gasteiger partial charge on any atom is 0.163 e. The molecule has 0 unspecified atom stereocenters. The number of anilines is 1. The number of hydrogen-bond acceptors (Lipinski definition) is 5. The highest BCUT2D eigenvalue weighted by Crippen LogP contribution is 2.13. The van der Waals surface area contributed by atoms with Gasteiger partial charge in [-0.1, -0.05) is 24.9 Å². The van der Waals surface area contributed by atoms with E-state index in [9.17, 15) is 0 Å². The van der Waals surface area contributed by atoms with Crippen LogP contribution in [0.15, 0.2) is 17.5 Å². The Labute approximate surface area is 99.9 Å². The van der Waals surface area contributed by atoms with Gasteiger partial charge in [-0.25, -0.2) is 15.4 Å². The molecule has 0 saturated carbocycles. The second-order valence-corrected chi connectivity index (χ2v) is 3.46. The first-order valence-electron chi connectivity index (χ1n) is 5.10. The molecule has 0 aliphatic rings. The van der Waals surface area contributed by atoms with Crippen LogP contribution in [-0.2, 0) is 4.84 Å². The normalized spacial score (nSPS) is 11.6. The SMILES string of the molecule is CCCCONc1ncncc1/C(Cl)=N/C. The first kappa shape index (κ1) is 12.9. The summed E-state index contributed by atoms with van der Waals surface area (Å²) in [6.07, 6.45) is 5.08. The Morgan fingerprint density at radius 3 is 3.12 bits per heavy atom. The highest BCUT2D eigenvalue weighted by molar-refractivity contribution is 6.70. The Hall–Kier alpha value is -1.20. The maximum absolute atomic E-state index is 5.91. The monoisotopic (exact) mass is 242 g/mol. The van der Waals surface area contributed by atoms with Crippen LogP contribution in [0.5, 0.6) is 0 Å². The minimum absolute atomic E-state index is 0.349. The third-order valence-corrected chi connectivity index (χ3v) is 2.27. The summed E-state index contributed by atoms with van der Waals surface area (Å²) in [6.45, 7) is 2.72. The Morgan fingerprint density at radius 1 is 1.62 bits per heavy atom. The Balaban J connectivity index is 2.64. The molecule has 88 valence electrons. The van der Waals surface area contributed by atoms with E-state index in [1.165, 1.54) is 6.33 Å². The highest BCUT2D eigenvalue weighted by Gasteiger charge is 2.07. The summed E-state index contributed by atoms with van der Waals surface area (Å²) in [5, 5.41) is 0.349. The van der Waals surface area contributed by atoms with Crippen LogP contribution in [-0.4, -0.2) is 28.8 Å². The van der Waals surface area contributed by atoms with E-state index in [-0.39, 0.29) is 0 Å². The minimum Gasteiger partial charge on any atom is -0.276 e. The van der Waals surface area contributed by atoms with Gasteiger partial charge in [0.25, 0.3) is 0 Å². The predicted octanol–water partition coefficient (Wildman–Crippen LogP) is 2.24. The second-order valence-electron chi connectivity index (χ2n) is 3.10. The van der Waals surface area contributed by atoms with Gasteiger partial charge in [0.15, 0.2) is 5.82 Å². The van der Waals surface area contributed by atoms with Gasteiger partial charge in [-0.15, -0.1) is 0 Å². The molecule has 1 N–H and O–H groups in total. The number of rotatable bonds is 6. The van der Waals surface area contributed by atoms with E-state index in [4.69, 9.17) is 16.4 Å². The van der Waals surface area contributed by atoms with E-state index < -0.39 is 0 Å². The number of nitrogens with zero attached hydrogens (tertiary/aromatic N) is 3. The fourth-order valence-corrected chi connectivity index (χ4v) is 1.16. The van der Waals surface area contributed by atoms with Gasteiger partial charge in [-0.2, -0.15) is 0 Å². The van der Waals surface area contributed by atoms with Crippen molar-refractivity contribution in [2.75, 3.05) is 19.1 Å². The topological polar surface area (TPSA) is 59.4 Å². The van der Waals surface area contributed by atoms with Gasteiger partial charge in [0.2, 0.25) is 0 Å². The summed E-state index contributed by atoms with van der Waals surface area (Å²) in [5.74, 6) is 0.529. The molecular formula is C10H15ClN4O. The van der Waals surface area contributed by atoms with Crippen molar-refractivity contribution < 1.29 is 4.84 Å². The molecule has 0 aromatic carbocycles. The fraction of sp³-hybridized carbons (Fsp3) is 0.500. The van der Waals surface area contributed by atoms with Crippen LogP contribution in [0, 0.1) is 0 Å². The third kappa shape index (κ3) is 3.75. The summed E-state index contributed by atoms with van der Waals surface area (Å²) >= 11 is 5.91. The number of hydrogen-bond donors (Lipinski definition) is 1. The maximum atomic E-state index is 5.91. The molecule has 1 aromatic heterocycles. The second kappa shape index (κ2) is 7.14. The fourth-order valence-electron chi connectivity index (χ4n) is 1.02. The summed E-state index contributed by atoms with van der Waals surface area (Å²) in [7, 11) is 1.61. The van der Waals surface area contributed by atoms with Crippen molar-refractivity contribution in [3.8, 4) is 0 Å². The largest absolute Gasteiger partial charge is 0.276 e. The number of unbranched alkanes of at least 4 members (excludes halogenated alkanes) is 1. The Bertz CT molecular complexity index is 356. The number of halogens is 1. The van der Waals surface area contributed by atoms with Gasteiger partial charge in [-0.3, -0.25) is 9.83 Å². The molecule has 0 spiro atoms. The van der Waals surface area contributed by atoms with Crippen molar-refractivity contribution >= 4 is 22.6 Å². The highest BCUT2D eigenvalue weighted by atomic mass is 35.5. The molecule has 0 saturated heterocycles. The van der Waals surface area contributed by atoms with E-state index in [0.717, 1.165) is 12.8 Å². The van der Waals surface area contributed by atoms with Crippen molar-refractivity contribution in [2.24, 2.45) is 4.99 Å². The van der Waals surface area contributed by atoms with Crippen LogP contribution >= 0.6 is 11.6 Å². The van der Waals surface area contributed by atoms with Gasteiger partial charge < -0.3 is 0 Å². The zero-order chi connectivity index (χ0) is 11.8. The first-order chi connectivity index (χ1) is 7.79. The quantitative estimate of drug-likeness (QED) is 0.472. The number of aromatic nitrogens is 2. The third-order valence-electron chi connectivity index (χ3n) is 1.90. The molecule has 0 radical (unpaired) electrons. The molecule has 1 aromatic rings. The lowest BCUT2D eigenvalue weighted by Crippen LogP contribution is -2.09. The molecular weight excluding hydrogens is 228 g/mol. The predicted molar refractivity (Wildman–Crippen MR) is 64.8 cm³/mol. The van der Waals surface area contributed by atoms with Crippen LogP contribution in [0.2, 0.25) is 0 Å². The van der Waals surface area contributed by atoms with Crippen molar-refractivity contribution in [1.29, 1.82) is 0 Å². The average Bonchev–Trinajstić information content (AvgIpc) is 2.34. The zero-order valence-electron chi connectivity index (χ0n) is 9.40.